The number of carbonyl (C=O) groups is 1. The van der Waals surface area contributed by atoms with Gasteiger partial charge in [0.25, 0.3) is 0 Å². The second-order valence-electron chi connectivity index (χ2n) is 4.84. The number of benzene rings is 1. The molecule has 124 valence electrons. The van der Waals surface area contributed by atoms with Gasteiger partial charge >= 0.3 is 12.1 Å². The molecule has 0 aliphatic rings. The molecule has 0 radical (unpaired) electrons. The number of carbonyl (C=O) groups excluding carboxylic acids is 1. The first kappa shape index (κ1) is 18.5. The van der Waals surface area contributed by atoms with Crippen LogP contribution in [0.5, 0.6) is 0 Å². The lowest BCUT2D eigenvalue weighted by Crippen LogP contribution is -2.37. The zero-order valence-corrected chi connectivity index (χ0v) is 12.7. The minimum Gasteiger partial charge on any atom is -0.464 e. The molecule has 0 aliphatic carbocycles. The van der Waals surface area contributed by atoms with Gasteiger partial charge in [-0.2, -0.15) is 8.78 Å². The van der Waals surface area contributed by atoms with E-state index in [1.807, 2.05) is 6.92 Å². The molecule has 0 aromatic heterocycles. The first-order chi connectivity index (χ1) is 10.4. The summed E-state index contributed by atoms with van der Waals surface area (Å²) >= 11 is 0. The quantitative estimate of drug-likeness (QED) is 0.632. The van der Waals surface area contributed by atoms with Crippen molar-refractivity contribution in [2.75, 3.05) is 6.61 Å². The number of hydrogen-bond acceptors (Lipinski definition) is 3. The van der Waals surface area contributed by atoms with Gasteiger partial charge in [0.1, 0.15) is 0 Å². The van der Waals surface area contributed by atoms with Crippen molar-refractivity contribution in [3.63, 3.8) is 0 Å². The average molecular weight is 318 g/mol. The Bertz CT molecular complexity index is 451. The third-order valence-electron chi connectivity index (χ3n) is 3.06. The summed E-state index contributed by atoms with van der Waals surface area (Å²) in [5, 5.41) is 0. The molecule has 0 aliphatic heterocycles. The summed E-state index contributed by atoms with van der Waals surface area (Å²) < 4.78 is 51.2. The van der Waals surface area contributed by atoms with Gasteiger partial charge in [-0.1, -0.05) is 50.1 Å². The maximum Gasteiger partial charge on any atom is 0.391 e. The molecule has 0 amide bonds. The number of halogens is 3. The van der Waals surface area contributed by atoms with Crippen LogP contribution < -0.4 is 0 Å². The molecule has 1 aromatic rings. The van der Waals surface area contributed by atoms with Crippen LogP contribution in [0.3, 0.4) is 0 Å². The molecular weight excluding hydrogens is 297 g/mol. The standard InChI is InChI=1S/C16H21F3O3/c1-3-5-11-13(15(20)21-4-2)22-16(18,19)14(17)12-9-7-6-8-10-12/h6-10,13-14H,3-5,11H2,1-2H3. The van der Waals surface area contributed by atoms with Gasteiger partial charge in [0.2, 0.25) is 6.17 Å². The number of rotatable bonds is 9. The third-order valence-corrected chi connectivity index (χ3v) is 3.06. The van der Waals surface area contributed by atoms with E-state index in [0.29, 0.717) is 12.8 Å². The van der Waals surface area contributed by atoms with Crippen LogP contribution in [-0.4, -0.2) is 24.8 Å². The van der Waals surface area contributed by atoms with Crippen molar-refractivity contribution < 1.29 is 27.4 Å². The van der Waals surface area contributed by atoms with Gasteiger partial charge in [0.15, 0.2) is 6.10 Å². The van der Waals surface area contributed by atoms with Crippen LogP contribution in [0.25, 0.3) is 0 Å². The minimum absolute atomic E-state index is 0.0497. The molecule has 0 bridgehead atoms. The van der Waals surface area contributed by atoms with Gasteiger partial charge in [0, 0.05) is 0 Å². The lowest BCUT2D eigenvalue weighted by atomic mass is 10.1. The Morgan fingerprint density at radius 2 is 1.86 bits per heavy atom. The summed E-state index contributed by atoms with van der Waals surface area (Å²) in [6.07, 6.45) is -6.97. The Hall–Kier alpha value is -1.56. The maximum atomic E-state index is 14.0. The molecule has 3 nitrogen and oxygen atoms in total. The van der Waals surface area contributed by atoms with E-state index < -0.39 is 24.4 Å². The van der Waals surface area contributed by atoms with E-state index in [-0.39, 0.29) is 18.6 Å². The molecule has 1 rings (SSSR count). The molecule has 0 N–H and O–H groups in total. The van der Waals surface area contributed by atoms with E-state index in [4.69, 9.17) is 4.74 Å². The van der Waals surface area contributed by atoms with Gasteiger partial charge in [-0.15, -0.1) is 0 Å². The second-order valence-corrected chi connectivity index (χ2v) is 4.84. The van der Waals surface area contributed by atoms with E-state index in [1.165, 1.54) is 24.3 Å². The van der Waals surface area contributed by atoms with Gasteiger partial charge in [-0.25, -0.2) is 9.18 Å². The fourth-order valence-electron chi connectivity index (χ4n) is 1.92. The summed E-state index contributed by atoms with van der Waals surface area (Å²) in [6.45, 7) is 3.46. The fraction of sp³-hybridized carbons (Fsp3) is 0.562. The smallest absolute Gasteiger partial charge is 0.391 e. The molecule has 0 saturated carbocycles. The van der Waals surface area contributed by atoms with Crippen molar-refractivity contribution in [3.8, 4) is 0 Å². The van der Waals surface area contributed by atoms with Crippen LogP contribution >= 0.6 is 0 Å². The summed E-state index contributed by atoms with van der Waals surface area (Å²) in [7, 11) is 0. The van der Waals surface area contributed by atoms with Crippen LogP contribution in [-0.2, 0) is 14.3 Å². The van der Waals surface area contributed by atoms with Crippen molar-refractivity contribution in [1.29, 1.82) is 0 Å². The number of unbranched alkanes of at least 4 members (excludes halogenated alkanes) is 1. The van der Waals surface area contributed by atoms with Gasteiger partial charge < -0.3 is 9.47 Å². The fourth-order valence-corrected chi connectivity index (χ4v) is 1.92. The molecule has 22 heavy (non-hydrogen) atoms. The number of hydrogen-bond donors (Lipinski definition) is 0. The Morgan fingerprint density at radius 1 is 1.23 bits per heavy atom. The van der Waals surface area contributed by atoms with Gasteiger partial charge in [0.05, 0.1) is 6.61 Å². The van der Waals surface area contributed by atoms with Gasteiger partial charge in [-0.05, 0) is 18.9 Å². The Balaban J connectivity index is 2.82. The SMILES string of the molecule is CCCCC(OC(F)(F)C(F)c1ccccc1)C(=O)OCC. The molecule has 0 heterocycles. The predicted molar refractivity (Wildman–Crippen MR) is 76.3 cm³/mol. The van der Waals surface area contributed by atoms with Gasteiger partial charge in [-0.3, -0.25) is 0 Å². The molecule has 1 aromatic carbocycles. The van der Waals surface area contributed by atoms with Crippen molar-refractivity contribution in [2.24, 2.45) is 0 Å². The number of esters is 1. The predicted octanol–water partition coefficient (Wildman–Crippen LogP) is 4.43. The monoisotopic (exact) mass is 318 g/mol. The first-order valence-electron chi connectivity index (χ1n) is 7.33. The first-order valence-corrected chi connectivity index (χ1v) is 7.33. The molecule has 0 spiro atoms. The van der Waals surface area contributed by atoms with Crippen molar-refractivity contribution in [1.82, 2.24) is 0 Å². The molecule has 0 fully saturated rings. The lowest BCUT2D eigenvalue weighted by Gasteiger charge is -2.25. The second kappa shape index (κ2) is 8.78. The van der Waals surface area contributed by atoms with Crippen LogP contribution in [0.15, 0.2) is 30.3 Å². The van der Waals surface area contributed by atoms with Crippen LogP contribution in [0.4, 0.5) is 13.2 Å². The van der Waals surface area contributed by atoms with Crippen LogP contribution in [0, 0.1) is 0 Å². The summed E-state index contributed by atoms with van der Waals surface area (Å²) in [4.78, 5) is 11.7. The molecule has 2 unspecified atom stereocenters. The van der Waals surface area contributed by atoms with E-state index in [9.17, 15) is 18.0 Å². The Labute approximate surface area is 128 Å². The van der Waals surface area contributed by atoms with E-state index in [0.717, 1.165) is 0 Å². The highest BCUT2D eigenvalue weighted by atomic mass is 19.3. The number of alkyl halides is 3. The highest BCUT2D eigenvalue weighted by Gasteiger charge is 2.46. The van der Waals surface area contributed by atoms with Crippen LogP contribution in [0.1, 0.15) is 44.8 Å². The van der Waals surface area contributed by atoms with Crippen molar-refractivity contribution in [2.45, 2.75) is 51.5 Å². The molecule has 2 atom stereocenters. The average Bonchev–Trinajstić information content (AvgIpc) is 2.51. The summed E-state index contributed by atoms with van der Waals surface area (Å²) in [5.74, 6) is -0.893. The van der Waals surface area contributed by atoms with E-state index in [1.54, 1.807) is 13.0 Å². The molecule has 6 heteroatoms. The highest BCUT2D eigenvalue weighted by Crippen LogP contribution is 2.37. The molecule has 0 saturated heterocycles. The maximum absolute atomic E-state index is 14.0. The van der Waals surface area contributed by atoms with Crippen LogP contribution in [0.2, 0.25) is 0 Å². The van der Waals surface area contributed by atoms with Crippen molar-refractivity contribution >= 4 is 5.97 Å². The number of ether oxygens (including phenoxy) is 2. The normalized spacial score (nSPS) is 14.4. The zero-order valence-electron chi connectivity index (χ0n) is 12.7. The summed E-state index contributed by atoms with van der Waals surface area (Å²) in [6, 6.07) is 6.99. The molecular formula is C16H21F3O3. The Morgan fingerprint density at radius 3 is 2.41 bits per heavy atom. The van der Waals surface area contributed by atoms with Crippen molar-refractivity contribution in [3.05, 3.63) is 35.9 Å². The van der Waals surface area contributed by atoms with E-state index >= 15 is 0 Å². The third kappa shape index (κ3) is 5.33. The minimum atomic E-state index is -4.10. The largest absolute Gasteiger partial charge is 0.464 e. The highest BCUT2D eigenvalue weighted by molar-refractivity contribution is 5.74. The zero-order chi connectivity index (χ0) is 16.6. The lowest BCUT2D eigenvalue weighted by molar-refractivity contribution is -0.296. The Kier molecular flexibility index (Phi) is 7.38. The van der Waals surface area contributed by atoms with E-state index in [2.05, 4.69) is 4.74 Å². The summed E-state index contributed by atoms with van der Waals surface area (Å²) in [5.41, 5.74) is -0.203. The topological polar surface area (TPSA) is 35.5 Å².